The minimum absolute atomic E-state index is 0.282. The number of ether oxygens (including phenoxy) is 2. The van der Waals surface area contributed by atoms with Crippen LogP contribution in [-0.4, -0.2) is 27.5 Å². The number of para-hydroxylation sites is 2. The maximum atomic E-state index is 13.0. The molecule has 2 N–H and O–H groups in total. The van der Waals surface area contributed by atoms with Gasteiger partial charge in [0.1, 0.15) is 28.8 Å². The minimum atomic E-state index is -0.844. The first-order valence-electron chi connectivity index (χ1n) is 9.42. The molecule has 0 radical (unpaired) electrons. The van der Waals surface area contributed by atoms with Crippen molar-refractivity contribution in [2.75, 3.05) is 12.3 Å². The molecule has 4 rings (SSSR count). The van der Waals surface area contributed by atoms with Crippen molar-refractivity contribution in [1.82, 2.24) is 9.13 Å². The lowest BCUT2D eigenvalue weighted by molar-refractivity contribution is -0.143. The van der Waals surface area contributed by atoms with E-state index in [1.54, 1.807) is 48.5 Å². The summed E-state index contributed by atoms with van der Waals surface area (Å²) in [6.45, 7) is -0.696. The maximum absolute atomic E-state index is 13.0. The van der Waals surface area contributed by atoms with Gasteiger partial charge in [-0.25, -0.2) is 4.79 Å². The van der Waals surface area contributed by atoms with E-state index < -0.39 is 41.1 Å². The Bertz CT molecular complexity index is 1290. The molecule has 0 bridgehead atoms. The SMILES string of the molecule is Cn1c(N)c(C(=O)COC(=O)C2c3ccccc3Oc3ccccc32)c(=O)n(C)c1=O. The molecule has 0 aliphatic carbocycles. The number of hydrogen-bond acceptors (Lipinski definition) is 7. The largest absolute Gasteiger partial charge is 0.457 e. The summed E-state index contributed by atoms with van der Waals surface area (Å²) in [6, 6.07) is 14.1. The lowest BCUT2D eigenvalue weighted by Crippen LogP contribution is -2.42. The van der Waals surface area contributed by atoms with Gasteiger partial charge in [0.05, 0.1) is 0 Å². The Kier molecular flexibility index (Phi) is 4.94. The van der Waals surface area contributed by atoms with Crippen LogP contribution in [0.1, 0.15) is 27.4 Å². The normalized spacial score (nSPS) is 12.5. The second-order valence-electron chi connectivity index (χ2n) is 7.11. The zero-order chi connectivity index (χ0) is 22.3. The second-order valence-corrected chi connectivity index (χ2v) is 7.11. The summed E-state index contributed by atoms with van der Waals surface area (Å²) >= 11 is 0. The maximum Gasteiger partial charge on any atom is 0.332 e. The number of carbonyl (C=O) groups excluding carboxylic acids is 2. The molecule has 1 aliphatic heterocycles. The Labute approximate surface area is 176 Å². The topological polar surface area (TPSA) is 123 Å². The van der Waals surface area contributed by atoms with Crippen molar-refractivity contribution in [2.45, 2.75) is 5.92 Å². The number of Topliss-reactive ketones (excluding diaryl/α,β-unsaturated/α-hetero) is 1. The van der Waals surface area contributed by atoms with Gasteiger partial charge in [-0.15, -0.1) is 0 Å². The monoisotopic (exact) mass is 421 g/mol. The fraction of sp³-hybridized carbons (Fsp3) is 0.182. The molecule has 0 unspecified atom stereocenters. The third kappa shape index (κ3) is 3.29. The number of carbonyl (C=O) groups is 2. The quantitative estimate of drug-likeness (QED) is 0.498. The lowest BCUT2D eigenvalue weighted by Gasteiger charge is -2.26. The molecule has 0 spiro atoms. The van der Waals surface area contributed by atoms with Gasteiger partial charge in [-0.3, -0.25) is 23.5 Å². The van der Waals surface area contributed by atoms with E-state index in [2.05, 4.69) is 0 Å². The van der Waals surface area contributed by atoms with Crippen LogP contribution >= 0.6 is 0 Å². The van der Waals surface area contributed by atoms with Crippen LogP contribution in [-0.2, 0) is 23.6 Å². The van der Waals surface area contributed by atoms with Gasteiger partial charge in [-0.2, -0.15) is 0 Å². The van der Waals surface area contributed by atoms with E-state index in [0.717, 1.165) is 9.13 Å². The molecule has 0 atom stereocenters. The van der Waals surface area contributed by atoms with Crippen molar-refractivity contribution in [3.05, 3.63) is 86.1 Å². The summed E-state index contributed by atoms with van der Waals surface area (Å²) < 4.78 is 12.9. The van der Waals surface area contributed by atoms with E-state index in [4.69, 9.17) is 15.2 Å². The average Bonchev–Trinajstić information content (AvgIpc) is 2.78. The van der Waals surface area contributed by atoms with Crippen LogP contribution in [0.3, 0.4) is 0 Å². The Morgan fingerprint density at radius 2 is 1.52 bits per heavy atom. The van der Waals surface area contributed by atoms with E-state index in [1.807, 2.05) is 0 Å². The summed E-state index contributed by atoms with van der Waals surface area (Å²) in [5.74, 6) is -1.51. The number of benzene rings is 2. The number of rotatable bonds is 4. The minimum Gasteiger partial charge on any atom is -0.457 e. The van der Waals surface area contributed by atoms with Gasteiger partial charge in [-0.05, 0) is 12.1 Å². The molecule has 1 aromatic heterocycles. The summed E-state index contributed by atoms with van der Waals surface area (Å²) in [6.07, 6.45) is 0. The zero-order valence-electron chi connectivity index (χ0n) is 16.8. The Hall–Kier alpha value is -4.14. The number of nitrogens with two attached hydrogens (primary N) is 1. The zero-order valence-corrected chi connectivity index (χ0v) is 16.8. The third-order valence-electron chi connectivity index (χ3n) is 5.25. The predicted octanol–water partition coefficient (Wildman–Crippen LogP) is 1.33. The Morgan fingerprint density at radius 1 is 0.968 bits per heavy atom. The van der Waals surface area contributed by atoms with Crippen molar-refractivity contribution in [3.63, 3.8) is 0 Å². The molecular weight excluding hydrogens is 402 g/mol. The molecule has 0 saturated carbocycles. The van der Waals surface area contributed by atoms with E-state index in [9.17, 15) is 19.2 Å². The number of fused-ring (bicyclic) bond motifs is 2. The lowest BCUT2D eigenvalue weighted by atomic mass is 9.88. The molecule has 158 valence electrons. The van der Waals surface area contributed by atoms with E-state index in [-0.39, 0.29) is 5.82 Å². The number of nitrogens with zero attached hydrogens (tertiary/aromatic N) is 2. The van der Waals surface area contributed by atoms with Crippen LogP contribution in [0.25, 0.3) is 0 Å². The molecule has 9 nitrogen and oxygen atoms in total. The van der Waals surface area contributed by atoms with Gasteiger partial charge in [0, 0.05) is 25.2 Å². The smallest absolute Gasteiger partial charge is 0.332 e. The van der Waals surface area contributed by atoms with Gasteiger partial charge < -0.3 is 15.2 Å². The Balaban J connectivity index is 1.63. The fourth-order valence-corrected chi connectivity index (χ4v) is 3.58. The van der Waals surface area contributed by atoms with Crippen LogP contribution in [0.15, 0.2) is 58.1 Å². The molecule has 0 amide bonds. The van der Waals surface area contributed by atoms with Crippen LogP contribution in [0, 0.1) is 0 Å². The van der Waals surface area contributed by atoms with Gasteiger partial charge in [0.2, 0.25) is 5.78 Å². The number of anilines is 1. The first-order chi connectivity index (χ1) is 14.8. The van der Waals surface area contributed by atoms with Crippen molar-refractivity contribution in [3.8, 4) is 11.5 Å². The molecule has 31 heavy (non-hydrogen) atoms. The van der Waals surface area contributed by atoms with E-state index in [1.165, 1.54) is 14.1 Å². The molecule has 2 heterocycles. The van der Waals surface area contributed by atoms with Gasteiger partial charge in [0.15, 0.2) is 6.61 Å². The van der Waals surface area contributed by atoms with Crippen LogP contribution in [0.5, 0.6) is 11.5 Å². The molecule has 0 saturated heterocycles. The summed E-state index contributed by atoms with van der Waals surface area (Å²) in [5.41, 5.74) is 5.11. The highest BCUT2D eigenvalue weighted by molar-refractivity contribution is 6.01. The summed E-state index contributed by atoms with van der Waals surface area (Å²) in [7, 11) is 2.58. The molecular formula is C22H19N3O6. The van der Waals surface area contributed by atoms with Crippen LogP contribution in [0.2, 0.25) is 0 Å². The highest BCUT2D eigenvalue weighted by Gasteiger charge is 2.34. The number of esters is 1. The fourth-order valence-electron chi connectivity index (χ4n) is 3.58. The first-order valence-corrected chi connectivity index (χ1v) is 9.42. The van der Waals surface area contributed by atoms with E-state index in [0.29, 0.717) is 22.6 Å². The van der Waals surface area contributed by atoms with Gasteiger partial charge in [0.25, 0.3) is 5.56 Å². The number of hydrogen-bond donors (Lipinski definition) is 1. The standard InChI is InChI=1S/C22H19N3O6/c1-24-19(23)18(20(27)25(2)22(24)29)14(26)11-30-21(28)17-12-7-3-5-9-15(12)31-16-10-6-4-8-13(16)17/h3-10,17H,11,23H2,1-2H3. The van der Waals surface area contributed by atoms with Crippen molar-refractivity contribution in [2.24, 2.45) is 14.1 Å². The van der Waals surface area contributed by atoms with Gasteiger partial charge in [-0.1, -0.05) is 36.4 Å². The first kappa shape index (κ1) is 20.1. The molecule has 1 aliphatic rings. The summed E-state index contributed by atoms with van der Waals surface area (Å²) in [4.78, 5) is 50.0. The van der Waals surface area contributed by atoms with E-state index >= 15 is 0 Å². The predicted molar refractivity (Wildman–Crippen MR) is 111 cm³/mol. The van der Waals surface area contributed by atoms with Crippen molar-refractivity contribution >= 4 is 17.6 Å². The molecule has 3 aromatic rings. The molecule has 2 aromatic carbocycles. The van der Waals surface area contributed by atoms with Crippen LogP contribution < -0.4 is 21.7 Å². The average molecular weight is 421 g/mol. The number of nitrogen functional groups attached to an aromatic ring is 1. The Morgan fingerprint density at radius 3 is 2.10 bits per heavy atom. The molecule has 0 fully saturated rings. The van der Waals surface area contributed by atoms with Gasteiger partial charge >= 0.3 is 11.7 Å². The third-order valence-corrected chi connectivity index (χ3v) is 5.25. The molecule has 9 heteroatoms. The van der Waals surface area contributed by atoms with Crippen molar-refractivity contribution < 1.29 is 19.1 Å². The summed E-state index contributed by atoms with van der Waals surface area (Å²) in [5, 5.41) is 0. The van der Waals surface area contributed by atoms with Crippen molar-refractivity contribution in [1.29, 1.82) is 0 Å². The highest BCUT2D eigenvalue weighted by atomic mass is 16.5. The number of ketones is 1. The van der Waals surface area contributed by atoms with Crippen LogP contribution in [0.4, 0.5) is 5.82 Å². The second kappa shape index (κ2) is 7.60. The highest BCUT2D eigenvalue weighted by Crippen LogP contribution is 2.44. The number of aromatic nitrogens is 2.